The minimum Gasteiger partial charge on any atom is -0.336 e. The average molecular weight is 397 g/mol. The number of rotatable bonds is 5. The van der Waals surface area contributed by atoms with Crippen LogP contribution in [-0.4, -0.2) is 51.8 Å². The van der Waals surface area contributed by atoms with Gasteiger partial charge in [-0.05, 0) is 33.1 Å². The maximum atomic E-state index is 12.6. The van der Waals surface area contributed by atoms with Crippen LogP contribution in [0.2, 0.25) is 0 Å². The monoisotopic (exact) mass is 396 g/mol. The van der Waals surface area contributed by atoms with Crippen molar-refractivity contribution in [2.45, 2.75) is 50.9 Å². The van der Waals surface area contributed by atoms with Gasteiger partial charge in [0.2, 0.25) is 5.91 Å². The molecule has 9 heteroatoms. The van der Waals surface area contributed by atoms with E-state index in [0.717, 1.165) is 29.8 Å². The van der Waals surface area contributed by atoms with Crippen LogP contribution in [0.4, 0.5) is 0 Å². The second kappa shape index (κ2) is 7.48. The van der Waals surface area contributed by atoms with E-state index in [9.17, 15) is 13.2 Å². The fraction of sp³-hybridized carbons (Fsp3) is 0.588. The number of sulfone groups is 1. The first kappa shape index (κ1) is 19.0. The predicted molar refractivity (Wildman–Crippen MR) is 101 cm³/mol. The zero-order chi connectivity index (χ0) is 18.9. The molecule has 0 spiro atoms. The van der Waals surface area contributed by atoms with E-state index in [1.807, 2.05) is 27.1 Å². The summed E-state index contributed by atoms with van der Waals surface area (Å²) < 4.78 is 26.7. The number of likely N-dealkylation sites (tertiary alicyclic amines) is 1. The van der Waals surface area contributed by atoms with Crippen LogP contribution >= 0.6 is 11.3 Å². The van der Waals surface area contributed by atoms with E-state index in [1.165, 1.54) is 11.3 Å². The van der Waals surface area contributed by atoms with Gasteiger partial charge in [0.25, 0.3) is 0 Å². The lowest BCUT2D eigenvalue weighted by Crippen LogP contribution is -2.49. The van der Waals surface area contributed by atoms with Gasteiger partial charge >= 0.3 is 0 Å². The Kier molecular flexibility index (Phi) is 5.47. The molecular weight excluding hydrogens is 372 g/mol. The number of thiazole rings is 1. The molecule has 2 unspecified atom stereocenters. The summed E-state index contributed by atoms with van der Waals surface area (Å²) in [4.78, 5) is 18.7. The molecule has 1 aliphatic heterocycles. The van der Waals surface area contributed by atoms with Crippen molar-refractivity contribution < 1.29 is 13.2 Å². The van der Waals surface area contributed by atoms with Crippen molar-refractivity contribution in [1.29, 1.82) is 0 Å². The Balaban J connectivity index is 1.67. The molecular formula is C17H24N4O3S2. The van der Waals surface area contributed by atoms with Crippen LogP contribution in [0.15, 0.2) is 17.8 Å². The van der Waals surface area contributed by atoms with E-state index in [1.54, 1.807) is 21.2 Å². The molecule has 0 aliphatic carbocycles. The van der Waals surface area contributed by atoms with Crippen molar-refractivity contribution in [3.8, 4) is 10.6 Å². The summed E-state index contributed by atoms with van der Waals surface area (Å²) in [6.45, 7) is 3.97. The van der Waals surface area contributed by atoms with Crippen molar-refractivity contribution in [2.75, 3.05) is 5.75 Å². The molecule has 3 heterocycles. The molecule has 0 aromatic carbocycles. The van der Waals surface area contributed by atoms with Crippen molar-refractivity contribution in [2.24, 2.45) is 7.05 Å². The van der Waals surface area contributed by atoms with E-state index < -0.39 is 15.6 Å². The Labute approximate surface area is 158 Å². The van der Waals surface area contributed by atoms with E-state index in [2.05, 4.69) is 10.1 Å². The standard InChI is InChI=1S/C17H24N4O3S2/c1-12-5-4-6-13(2)21(12)16(22)11-26(23,24)10-15-9-25-17(19-15)14-7-18-20(3)8-14/h7-9,12-13H,4-6,10-11H2,1-3H3. The highest BCUT2D eigenvalue weighted by Gasteiger charge is 2.31. The van der Waals surface area contributed by atoms with Gasteiger partial charge in [0.05, 0.1) is 17.6 Å². The third-order valence-electron chi connectivity index (χ3n) is 4.70. The molecule has 7 nitrogen and oxygen atoms in total. The molecule has 1 aliphatic rings. The molecule has 142 valence electrons. The lowest BCUT2D eigenvalue weighted by molar-refractivity contribution is -0.134. The van der Waals surface area contributed by atoms with Crippen molar-refractivity contribution in [3.63, 3.8) is 0 Å². The Bertz CT molecular complexity index is 877. The molecule has 0 saturated carbocycles. The highest BCUT2D eigenvalue weighted by atomic mass is 32.2. The minimum absolute atomic E-state index is 0.0953. The fourth-order valence-electron chi connectivity index (χ4n) is 3.49. The topological polar surface area (TPSA) is 85.2 Å². The molecule has 2 aromatic rings. The first-order chi connectivity index (χ1) is 12.2. The maximum Gasteiger partial charge on any atom is 0.238 e. The van der Waals surface area contributed by atoms with Crippen LogP contribution in [0.3, 0.4) is 0 Å². The number of carbonyl (C=O) groups is 1. The quantitative estimate of drug-likeness (QED) is 0.774. The van der Waals surface area contributed by atoms with Gasteiger partial charge in [-0.1, -0.05) is 0 Å². The van der Waals surface area contributed by atoms with Gasteiger partial charge in [-0.15, -0.1) is 11.3 Å². The van der Waals surface area contributed by atoms with Gasteiger partial charge in [-0.2, -0.15) is 5.10 Å². The van der Waals surface area contributed by atoms with Crippen LogP contribution in [-0.2, 0) is 27.4 Å². The van der Waals surface area contributed by atoms with Gasteiger partial charge in [-0.25, -0.2) is 13.4 Å². The lowest BCUT2D eigenvalue weighted by Gasteiger charge is -2.39. The number of hydrogen-bond acceptors (Lipinski definition) is 6. The number of hydrogen-bond donors (Lipinski definition) is 0. The second-order valence-corrected chi connectivity index (χ2v) is 9.93. The van der Waals surface area contributed by atoms with Gasteiger partial charge in [-0.3, -0.25) is 9.48 Å². The van der Waals surface area contributed by atoms with Gasteiger partial charge in [0.15, 0.2) is 9.84 Å². The van der Waals surface area contributed by atoms with E-state index >= 15 is 0 Å². The predicted octanol–water partition coefficient (Wildman–Crippen LogP) is 2.25. The molecule has 2 aromatic heterocycles. The molecule has 0 N–H and O–H groups in total. The Morgan fingerprint density at radius 2 is 2.00 bits per heavy atom. The number of carbonyl (C=O) groups excluding carboxylic acids is 1. The summed E-state index contributed by atoms with van der Waals surface area (Å²) in [5, 5.41) is 6.56. The SMILES string of the molecule is CC1CCCC(C)N1C(=O)CS(=O)(=O)Cc1csc(-c2cnn(C)c2)n1. The lowest BCUT2D eigenvalue weighted by atomic mass is 9.98. The highest BCUT2D eigenvalue weighted by Crippen LogP contribution is 2.25. The first-order valence-corrected chi connectivity index (χ1v) is 11.4. The van der Waals surface area contributed by atoms with Crippen molar-refractivity contribution in [1.82, 2.24) is 19.7 Å². The van der Waals surface area contributed by atoms with Crippen LogP contribution in [0.25, 0.3) is 10.6 Å². The van der Waals surface area contributed by atoms with Gasteiger partial charge < -0.3 is 4.90 Å². The minimum atomic E-state index is -3.56. The summed E-state index contributed by atoms with van der Waals surface area (Å²) in [7, 11) is -1.75. The molecule has 0 radical (unpaired) electrons. The summed E-state index contributed by atoms with van der Waals surface area (Å²) in [5.74, 6) is -0.972. The zero-order valence-electron chi connectivity index (χ0n) is 15.3. The largest absolute Gasteiger partial charge is 0.336 e. The second-order valence-electron chi connectivity index (χ2n) is 7.01. The van der Waals surface area contributed by atoms with Crippen molar-refractivity contribution >= 4 is 27.1 Å². The van der Waals surface area contributed by atoms with Crippen LogP contribution in [0.1, 0.15) is 38.8 Å². The number of nitrogens with zero attached hydrogens (tertiary/aromatic N) is 4. The Hall–Kier alpha value is -1.74. The molecule has 0 bridgehead atoms. The van der Waals surface area contributed by atoms with E-state index in [-0.39, 0.29) is 23.7 Å². The summed E-state index contributed by atoms with van der Waals surface area (Å²) in [5.41, 5.74) is 1.33. The van der Waals surface area contributed by atoms with Gasteiger partial charge in [0.1, 0.15) is 10.8 Å². The Morgan fingerprint density at radius 3 is 2.62 bits per heavy atom. The van der Waals surface area contributed by atoms with E-state index in [0.29, 0.717) is 5.69 Å². The van der Waals surface area contributed by atoms with E-state index in [4.69, 9.17) is 0 Å². The third kappa shape index (κ3) is 4.32. The normalized spacial score (nSPS) is 21.1. The molecule has 1 amide bonds. The molecule has 1 fully saturated rings. The van der Waals surface area contributed by atoms with Gasteiger partial charge in [0, 0.05) is 36.3 Å². The number of aryl methyl sites for hydroxylation is 1. The summed E-state index contributed by atoms with van der Waals surface area (Å²) >= 11 is 1.38. The number of aromatic nitrogens is 3. The van der Waals surface area contributed by atoms with Crippen LogP contribution in [0.5, 0.6) is 0 Å². The molecule has 3 rings (SSSR count). The number of piperidine rings is 1. The average Bonchev–Trinajstić information content (AvgIpc) is 3.15. The first-order valence-electron chi connectivity index (χ1n) is 8.70. The summed E-state index contributed by atoms with van der Waals surface area (Å²) in [6.07, 6.45) is 6.46. The zero-order valence-corrected chi connectivity index (χ0v) is 16.9. The highest BCUT2D eigenvalue weighted by molar-refractivity contribution is 7.91. The molecule has 26 heavy (non-hydrogen) atoms. The molecule has 1 saturated heterocycles. The smallest absolute Gasteiger partial charge is 0.238 e. The fourth-order valence-corrected chi connectivity index (χ4v) is 5.62. The third-order valence-corrected chi connectivity index (χ3v) is 7.06. The summed E-state index contributed by atoms with van der Waals surface area (Å²) in [6, 6.07) is 0.191. The van der Waals surface area contributed by atoms with Crippen LogP contribution < -0.4 is 0 Å². The van der Waals surface area contributed by atoms with Crippen LogP contribution in [0, 0.1) is 0 Å². The molecule has 2 atom stereocenters. The Morgan fingerprint density at radius 1 is 1.31 bits per heavy atom. The van der Waals surface area contributed by atoms with Crippen molar-refractivity contribution in [3.05, 3.63) is 23.5 Å². The number of amides is 1. The maximum absolute atomic E-state index is 12.6.